The van der Waals surface area contributed by atoms with Crippen molar-refractivity contribution in [3.8, 4) is 0 Å². The highest BCUT2D eigenvalue weighted by atomic mass is 16.2. The van der Waals surface area contributed by atoms with Gasteiger partial charge < -0.3 is 10.6 Å². The van der Waals surface area contributed by atoms with Gasteiger partial charge in [0.1, 0.15) is 0 Å². The van der Waals surface area contributed by atoms with E-state index >= 15 is 0 Å². The molecule has 0 bridgehead atoms. The molecule has 0 atom stereocenters. The van der Waals surface area contributed by atoms with E-state index in [1.165, 1.54) is 0 Å². The van der Waals surface area contributed by atoms with E-state index in [0.29, 0.717) is 13.1 Å². The number of nitrogens with two attached hydrogens (primary N) is 1. The van der Waals surface area contributed by atoms with Crippen LogP contribution in [0.15, 0.2) is 12.2 Å². The molecular formula is C10H18N2O. The number of carbonyl (C=O) groups excluding carboxylic acids is 1. The van der Waals surface area contributed by atoms with Crippen LogP contribution in [0.4, 0.5) is 0 Å². The van der Waals surface area contributed by atoms with Gasteiger partial charge in [-0.15, -0.1) is 0 Å². The Labute approximate surface area is 79.6 Å². The Bertz CT molecular complexity index is 231. The van der Waals surface area contributed by atoms with Crippen LogP contribution < -0.4 is 5.73 Å². The fourth-order valence-electron chi connectivity index (χ4n) is 1.32. The van der Waals surface area contributed by atoms with Crippen LogP contribution in [-0.2, 0) is 4.79 Å². The van der Waals surface area contributed by atoms with Gasteiger partial charge in [0, 0.05) is 13.1 Å². The number of rotatable bonds is 4. The van der Waals surface area contributed by atoms with Crippen LogP contribution in [0.5, 0.6) is 0 Å². The Morgan fingerprint density at radius 2 is 2.15 bits per heavy atom. The van der Waals surface area contributed by atoms with Crippen molar-refractivity contribution in [2.24, 2.45) is 5.73 Å². The smallest absolute Gasteiger partial charge is 0.242 e. The Morgan fingerprint density at radius 3 is 2.46 bits per heavy atom. The van der Waals surface area contributed by atoms with Gasteiger partial charge >= 0.3 is 0 Å². The lowest BCUT2D eigenvalue weighted by molar-refractivity contribution is -0.133. The van der Waals surface area contributed by atoms with Crippen LogP contribution in [0.3, 0.4) is 0 Å². The van der Waals surface area contributed by atoms with Crippen molar-refractivity contribution in [2.75, 3.05) is 13.1 Å². The van der Waals surface area contributed by atoms with Crippen molar-refractivity contribution >= 4 is 5.91 Å². The molecule has 0 saturated heterocycles. The van der Waals surface area contributed by atoms with E-state index in [1.807, 2.05) is 13.8 Å². The molecule has 3 heteroatoms. The van der Waals surface area contributed by atoms with Crippen molar-refractivity contribution in [3.05, 3.63) is 12.2 Å². The lowest BCUT2D eigenvalue weighted by Gasteiger charge is -2.24. The Hall–Kier alpha value is -0.830. The fourth-order valence-corrected chi connectivity index (χ4v) is 1.32. The zero-order chi connectivity index (χ0) is 10.1. The van der Waals surface area contributed by atoms with E-state index in [-0.39, 0.29) is 5.91 Å². The molecule has 0 aliphatic heterocycles. The summed E-state index contributed by atoms with van der Waals surface area (Å²) in [7, 11) is 0. The standard InChI is InChI=1S/C10H18N2O/c1-4-12(7-8(2)3)9(13)10(11)5-6-10/h2,4-7,11H2,1,3H3. The molecule has 1 amide bonds. The normalized spacial score (nSPS) is 18.1. The first kappa shape index (κ1) is 10.3. The minimum Gasteiger partial charge on any atom is -0.337 e. The molecule has 0 aromatic carbocycles. The van der Waals surface area contributed by atoms with Gasteiger partial charge in [-0.25, -0.2) is 0 Å². The highest BCUT2D eigenvalue weighted by Gasteiger charge is 2.47. The average molecular weight is 182 g/mol. The van der Waals surface area contributed by atoms with Gasteiger partial charge in [0.15, 0.2) is 0 Å². The van der Waals surface area contributed by atoms with Crippen molar-refractivity contribution in [1.82, 2.24) is 4.90 Å². The second-order valence-electron chi connectivity index (χ2n) is 3.93. The molecule has 1 fully saturated rings. The van der Waals surface area contributed by atoms with E-state index in [4.69, 9.17) is 5.73 Å². The third-order valence-electron chi connectivity index (χ3n) is 2.34. The predicted octanol–water partition coefficient (Wildman–Crippen LogP) is 0.902. The molecule has 3 nitrogen and oxygen atoms in total. The van der Waals surface area contributed by atoms with Crippen LogP contribution >= 0.6 is 0 Å². The van der Waals surface area contributed by atoms with Gasteiger partial charge in [-0.3, -0.25) is 4.79 Å². The summed E-state index contributed by atoms with van der Waals surface area (Å²) in [5, 5.41) is 0. The van der Waals surface area contributed by atoms with Gasteiger partial charge in [-0.2, -0.15) is 0 Å². The van der Waals surface area contributed by atoms with Crippen molar-refractivity contribution < 1.29 is 4.79 Å². The third kappa shape index (κ3) is 2.31. The van der Waals surface area contributed by atoms with Gasteiger partial charge in [-0.05, 0) is 26.7 Å². The summed E-state index contributed by atoms with van der Waals surface area (Å²) in [4.78, 5) is 13.5. The fraction of sp³-hybridized carbons (Fsp3) is 0.700. The monoisotopic (exact) mass is 182 g/mol. The Balaban J connectivity index is 2.55. The molecule has 13 heavy (non-hydrogen) atoms. The first-order valence-corrected chi connectivity index (χ1v) is 4.72. The SMILES string of the molecule is C=C(C)CN(CC)C(=O)C1(N)CC1. The molecule has 0 aromatic rings. The van der Waals surface area contributed by atoms with E-state index in [2.05, 4.69) is 6.58 Å². The lowest BCUT2D eigenvalue weighted by atomic mass is 10.2. The summed E-state index contributed by atoms with van der Waals surface area (Å²) >= 11 is 0. The van der Waals surface area contributed by atoms with E-state index in [0.717, 1.165) is 18.4 Å². The highest BCUT2D eigenvalue weighted by Crippen LogP contribution is 2.34. The second kappa shape index (κ2) is 3.50. The molecule has 2 N–H and O–H groups in total. The number of amides is 1. The largest absolute Gasteiger partial charge is 0.337 e. The first-order chi connectivity index (χ1) is 5.99. The molecule has 0 aromatic heterocycles. The molecular weight excluding hydrogens is 164 g/mol. The van der Waals surface area contributed by atoms with Crippen LogP contribution in [0, 0.1) is 0 Å². The minimum absolute atomic E-state index is 0.0815. The number of nitrogens with zero attached hydrogens (tertiary/aromatic N) is 1. The Morgan fingerprint density at radius 1 is 1.62 bits per heavy atom. The number of hydrogen-bond acceptors (Lipinski definition) is 2. The topological polar surface area (TPSA) is 46.3 Å². The molecule has 1 rings (SSSR count). The summed E-state index contributed by atoms with van der Waals surface area (Å²) in [5.74, 6) is 0.0815. The number of carbonyl (C=O) groups is 1. The predicted molar refractivity (Wildman–Crippen MR) is 53.2 cm³/mol. The molecule has 1 aliphatic rings. The van der Waals surface area contributed by atoms with E-state index in [9.17, 15) is 4.79 Å². The maximum Gasteiger partial charge on any atom is 0.242 e. The van der Waals surface area contributed by atoms with Gasteiger partial charge in [0.05, 0.1) is 5.54 Å². The van der Waals surface area contributed by atoms with E-state index in [1.54, 1.807) is 4.90 Å². The summed E-state index contributed by atoms with van der Waals surface area (Å²) in [6.07, 6.45) is 1.66. The molecule has 0 unspecified atom stereocenters. The van der Waals surface area contributed by atoms with Gasteiger partial charge in [0.25, 0.3) is 0 Å². The molecule has 0 heterocycles. The molecule has 0 radical (unpaired) electrons. The highest BCUT2D eigenvalue weighted by molar-refractivity contribution is 5.89. The van der Waals surface area contributed by atoms with Gasteiger partial charge in [0.2, 0.25) is 5.91 Å². The zero-order valence-electron chi connectivity index (χ0n) is 8.47. The van der Waals surface area contributed by atoms with Crippen LogP contribution in [-0.4, -0.2) is 29.4 Å². The minimum atomic E-state index is -0.536. The summed E-state index contributed by atoms with van der Waals surface area (Å²) < 4.78 is 0. The van der Waals surface area contributed by atoms with E-state index < -0.39 is 5.54 Å². The molecule has 0 spiro atoms. The summed E-state index contributed by atoms with van der Waals surface area (Å²) in [6, 6.07) is 0. The maximum atomic E-state index is 11.8. The number of hydrogen-bond donors (Lipinski definition) is 1. The molecule has 74 valence electrons. The van der Waals surface area contributed by atoms with Crippen LogP contribution in [0.25, 0.3) is 0 Å². The second-order valence-corrected chi connectivity index (χ2v) is 3.93. The summed E-state index contributed by atoms with van der Waals surface area (Å²) in [6.45, 7) is 9.03. The van der Waals surface area contributed by atoms with Crippen LogP contribution in [0.1, 0.15) is 26.7 Å². The maximum absolute atomic E-state index is 11.8. The lowest BCUT2D eigenvalue weighted by Crippen LogP contribution is -2.46. The zero-order valence-corrected chi connectivity index (χ0v) is 8.47. The van der Waals surface area contributed by atoms with Crippen molar-refractivity contribution in [3.63, 3.8) is 0 Å². The first-order valence-electron chi connectivity index (χ1n) is 4.72. The molecule has 1 aliphatic carbocycles. The van der Waals surface area contributed by atoms with Crippen LogP contribution in [0.2, 0.25) is 0 Å². The van der Waals surface area contributed by atoms with Crippen molar-refractivity contribution in [2.45, 2.75) is 32.2 Å². The van der Waals surface area contributed by atoms with Crippen molar-refractivity contribution in [1.29, 1.82) is 0 Å². The Kier molecular flexibility index (Phi) is 2.76. The quantitative estimate of drug-likeness (QED) is 0.657. The number of likely N-dealkylation sites (N-methyl/N-ethyl adjacent to an activating group) is 1. The molecule has 1 saturated carbocycles. The third-order valence-corrected chi connectivity index (χ3v) is 2.34. The average Bonchev–Trinajstić information content (AvgIpc) is 2.79. The summed E-state index contributed by atoms with van der Waals surface area (Å²) in [5.41, 5.74) is 6.28. The van der Waals surface area contributed by atoms with Gasteiger partial charge in [-0.1, -0.05) is 12.2 Å².